The van der Waals surface area contributed by atoms with Crippen molar-refractivity contribution in [2.75, 3.05) is 85.2 Å². The van der Waals surface area contributed by atoms with Gasteiger partial charge >= 0.3 is 91.0 Å². The smallest absolute Gasteiger partial charge is 0.466 e. The van der Waals surface area contributed by atoms with E-state index in [2.05, 4.69) is 66.0 Å². The quantitative estimate of drug-likeness (QED) is 0.0221. The van der Waals surface area contributed by atoms with Gasteiger partial charge < -0.3 is 134 Å². The van der Waals surface area contributed by atoms with Gasteiger partial charge in [-0.3, -0.25) is 9.59 Å². The topological polar surface area (TPSA) is 547 Å². The highest BCUT2D eigenvalue weighted by Gasteiger charge is 2.32. The Balaban J connectivity index is -0.000000242. The zero-order valence-corrected chi connectivity index (χ0v) is 97.6. The molecule has 3 aliphatic heterocycles. The van der Waals surface area contributed by atoms with Crippen LogP contribution in [-0.2, 0) is 152 Å². The second-order valence-electron chi connectivity index (χ2n) is 36.8. The number of aliphatic hydroxyl groups excluding tert-OH is 3. The molecule has 146 heavy (non-hydrogen) atoms. The highest BCUT2D eigenvalue weighted by molar-refractivity contribution is 8.77. The van der Waals surface area contributed by atoms with Crippen LogP contribution in [0.1, 0.15) is 320 Å². The Morgan fingerprint density at radius 2 is 0.637 bits per heavy atom. The maximum absolute atomic E-state index is 11.7. The number of hydrogen-bond donors (Lipinski definition) is 3. The number of unbranched alkanes of at least 4 members (excludes halogenated alkanes) is 2. The molecule has 0 aromatic carbocycles. The zero-order valence-electron chi connectivity index (χ0n) is 94.4. The normalized spacial score (nSPS) is 14.8. The lowest BCUT2D eigenvalue weighted by Gasteiger charge is -2.34. The maximum atomic E-state index is 11.7. The molecule has 0 saturated carbocycles. The standard InChI is InChI=1S/C14H24O7.C13H24O2S2.C11H20O7.C11H20O2S2.C9H16O5.C8H14O5.C8H16O3.2C7H14O3.C6H12O3.C5H10O3/c1-9(2)20-13(16)21-10(3)12(15)17-6-11-7-18-14(4,5)19-8-11;1-10(2)11(3)15-13(14)7-5-4-6-12-8-9-16-17-12;1-7(2)17-11(15)18-8(3)10(14)16-6-9(4-12)5-13;1-9(2)13-11(12)6-4-3-5-10-7-8-14-15-10;1-5-12-8(10)7(4)14-9(11)13-6(2)3;1-5(2)12-8(10)13-6(3)7(9)11-4;1-6(2)10-7(9)11-8(3,4)5;1-5(2)6(3)10-7(9)4-8;1-5(2)9-7(8)10-6(3)4;1-4-8-6(7)9-5(2)3;1-4(2)8-5(6)7-3/h9-11H,6-8H2,1-5H3;10-12H,4-9H2,1-3H3;7-9,12-13H,4-6H2,1-3H3;9-10H,3-8H2,1-2H3;6-7H,5H2,1-4H3;5-6H,1-4H3;6H,1-5H3;5-6,8H,4H2,1-3H3;5-6H,1-4H3;5H,4H2,1-3H3;4H,1-3H3. The van der Waals surface area contributed by atoms with Gasteiger partial charge in [0.15, 0.2) is 30.2 Å². The lowest BCUT2D eigenvalue weighted by Crippen LogP contribution is -2.41. The van der Waals surface area contributed by atoms with Gasteiger partial charge in [-0.1, -0.05) is 83.7 Å². The average Bonchev–Trinajstić information content (AvgIpc) is 0.886. The van der Waals surface area contributed by atoms with Crippen molar-refractivity contribution in [2.24, 2.45) is 23.7 Å². The van der Waals surface area contributed by atoms with Crippen LogP contribution in [0.4, 0.5) is 38.4 Å². The zero-order chi connectivity index (χ0) is 115. The van der Waals surface area contributed by atoms with Crippen LogP contribution in [0, 0.1) is 23.7 Å². The van der Waals surface area contributed by atoms with Crippen molar-refractivity contribution in [2.45, 2.75) is 440 Å². The molecule has 3 rings (SSSR count). The number of rotatable bonds is 41. The van der Waals surface area contributed by atoms with Crippen molar-refractivity contribution < 1.29 is 206 Å². The first-order valence-corrected chi connectivity index (χ1v) is 54.0. The van der Waals surface area contributed by atoms with E-state index < -0.39 is 127 Å². The van der Waals surface area contributed by atoms with E-state index in [0.717, 1.165) is 36.2 Å². The lowest BCUT2D eigenvalue weighted by atomic mass is 10.1. The monoisotopic (exact) mass is 2190 g/mol. The summed E-state index contributed by atoms with van der Waals surface area (Å²) in [4.78, 5) is 164. The van der Waals surface area contributed by atoms with Gasteiger partial charge in [0.2, 0.25) is 0 Å². The fraction of sp³-hybridized carbons (Fsp3) is 0.848. The predicted molar refractivity (Wildman–Crippen MR) is 551 cm³/mol. The van der Waals surface area contributed by atoms with Crippen LogP contribution in [0.25, 0.3) is 0 Å². The van der Waals surface area contributed by atoms with Crippen LogP contribution in [-0.4, -0.2) is 311 Å². The van der Waals surface area contributed by atoms with Crippen molar-refractivity contribution in [3.63, 3.8) is 0 Å². The Bertz CT molecular complexity index is 3400. The molecule has 8 atom stereocenters. The molecule has 0 amide bonds. The van der Waals surface area contributed by atoms with Gasteiger partial charge in [-0.05, 0) is 279 Å². The minimum atomic E-state index is -1.10. The summed E-state index contributed by atoms with van der Waals surface area (Å²) in [6.45, 7) is 65.3. The molecule has 0 aromatic rings. The van der Waals surface area contributed by atoms with Crippen molar-refractivity contribution in [1.29, 1.82) is 0 Å². The summed E-state index contributed by atoms with van der Waals surface area (Å²) < 4.78 is 119. The van der Waals surface area contributed by atoms with Crippen molar-refractivity contribution in [3.8, 4) is 0 Å². The van der Waals surface area contributed by atoms with Gasteiger partial charge in [0, 0.05) is 46.7 Å². The number of carbonyl (C=O) groups excluding carboxylic acids is 15. The van der Waals surface area contributed by atoms with Crippen LogP contribution in [0.3, 0.4) is 0 Å². The number of aliphatic hydroxyl groups is 3. The fourth-order valence-electron chi connectivity index (χ4n) is 8.68. The summed E-state index contributed by atoms with van der Waals surface area (Å²) in [6, 6.07) is 0. The molecule has 0 aliphatic carbocycles. The molecule has 0 radical (unpaired) electrons. The van der Waals surface area contributed by atoms with Crippen LogP contribution in [0.2, 0.25) is 0 Å². The summed E-state index contributed by atoms with van der Waals surface area (Å²) >= 11 is 0. The first-order valence-electron chi connectivity index (χ1n) is 49.2. The fourth-order valence-corrected chi connectivity index (χ4v) is 14.7. The summed E-state index contributed by atoms with van der Waals surface area (Å²) in [5, 5.41) is 27.5. The molecule has 0 aromatic heterocycles. The van der Waals surface area contributed by atoms with E-state index in [1.165, 1.54) is 79.1 Å². The highest BCUT2D eigenvalue weighted by Crippen LogP contribution is 2.41. The number of hydrogen-bond acceptors (Lipinski definition) is 47. The Morgan fingerprint density at radius 1 is 0.342 bits per heavy atom. The summed E-state index contributed by atoms with van der Waals surface area (Å²) in [6.07, 6.45) is -1.06. The first kappa shape index (κ1) is 153. The molecule has 3 N–H and O–H groups in total. The van der Waals surface area contributed by atoms with Crippen LogP contribution >= 0.6 is 43.2 Å². The van der Waals surface area contributed by atoms with Crippen molar-refractivity contribution >= 4 is 134 Å². The van der Waals surface area contributed by atoms with E-state index >= 15 is 0 Å². The Kier molecular flexibility index (Phi) is 97.1. The van der Waals surface area contributed by atoms with Crippen LogP contribution < -0.4 is 0 Å². The third-order valence-corrected chi connectivity index (χ3v) is 22.3. The summed E-state index contributed by atoms with van der Waals surface area (Å²) in [5.74, 6) is -1.07. The molecule has 47 heteroatoms. The summed E-state index contributed by atoms with van der Waals surface area (Å²) in [7, 11) is 10.5. The number of methoxy groups -OCH3 is 2. The second-order valence-corrected chi connectivity index (χ2v) is 42.3. The SMILES string of the molecule is CC(C)C(C)OC(=O)CCCCC1CCSS1.CC(C)C(C)OC(=O)CO.CC(C)OC(=O)CCCCC1CCSS1.CC(C)OC(=O)OC(C)(C)C.CC(C)OC(=O)OC(C)C.CC(C)OC(=O)OC(C)C(=O)OCC(CO)CO.CC(C)OC(=O)OC(C)C(=O)OCC1COC(C)(C)OC1.CCOC(=O)C(C)OC(=O)OC(C)C.CCOC(=O)OC(C)C.COC(=O)C(C)OC(=O)OC(C)C.COC(=O)OC(C)C. The van der Waals surface area contributed by atoms with Gasteiger partial charge in [-0.2, -0.15) is 0 Å². The van der Waals surface area contributed by atoms with Crippen LogP contribution in [0.15, 0.2) is 0 Å². The van der Waals surface area contributed by atoms with Gasteiger partial charge in [0.1, 0.15) is 24.4 Å². The van der Waals surface area contributed by atoms with E-state index in [1.807, 2.05) is 91.6 Å². The summed E-state index contributed by atoms with van der Waals surface area (Å²) in [5.41, 5.74) is -0.466. The minimum absolute atomic E-state index is 0.0271. The minimum Gasteiger partial charge on any atom is -0.466 e. The Morgan fingerprint density at radius 3 is 0.918 bits per heavy atom. The Labute approximate surface area is 883 Å². The molecule has 862 valence electrons. The number of carbonyl (C=O) groups is 15. The predicted octanol–water partition coefficient (Wildman–Crippen LogP) is 20.1. The van der Waals surface area contributed by atoms with Gasteiger partial charge in [-0.15, -0.1) is 0 Å². The van der Waals surface area contributed by atoms with E-state index in [9.17, 15) is 71.9 Å². The first-order chi connectivity index (χ1) is 67.5. The molecule has 0 spiro atoms. The molecule has 43 nitrogen and oxygen atoms in total. The van der Waals surface area contributed by atoms with E-state index in [1.54, 1.807) is 166 Å². The molecular formula is C99H184O43S4. The van der Waals surface area contributed by atoms with E-state index in [4.69, 9.17) is 81.6 Å². The Hall–Kier alpha value is -8.35. The number of esters is 7. The molecule has 3 heterocycles. The molecule has 3 aliphatic rings. The molecule has 0 bridgehead atoms. The lowest BCUT2D eigenvalue weighted by molar-refractivity contribution is -0.266. The third-order valence-electron chi connectivity index (χ3n) is 16.3. The maximum Gasteiger partial charge on any atom is 0.509 e. The second kappa shape index (κ2) is 92.8. The van der Waals surface area contributed by atoms with E-state index in [0.29, 0.717) is 44.5 Å². The molecule has 3 saturated heterocycles. The van der Waals surface area contributed by atoms with Crippen molar-refractivity contribution in [3.05, 3.63) is 0 Å². The van der Waals surface area contributed by atoms with Crippen molar-refractivity contribution in [1.82, 2.24) is 0 Å². The third kappa shape index (κ3) is 108. The molecule has 8 unspecified atom stereocenters. The van der Waals surface area contributed by atoms with Crippen LogP contribution in [0.5, 0.6) is 0 Å². The van der Waals surface area contributed by atoms with Gasteiger partial charge in [0.25, 0.3) is 0 Å². The number of ether oxygens (including phenoxy) is 25. The molecular weight excluding hydrogens is 2010 g/mol. The van der Waals surface area contributed by atoms with Gasteiger partial charge in [0.05, 0.1) is 128 Å². The van der Waals surface area contributed by atoms with E-state index in [-0.39, 0.29) is 124 Å². The molecule has 3 fully saturated rings. The largest absolute Gasteiger partial charge is 0.509 e. The van der Waals surface area contributed by atoms with Gasteiger partial charge in [-0.25, -0.2) is 62.3 Å². The highest BCUT2D eigenvalue weighted by atomic mass is 33.1. The average molecular weight is 2190 g/mol.